The number of benzene rings is 1. The largest absolute Gasteiger partial charge is 0.450 e. The van der Waals surface area contributed by atoms with Crippen molar-refractivity contribution in [1.29, 1.82) is 0 Å². The van der Waals surface area contributed by atoms with E-state index in [-0.39, 0.29) is 0 Å². The van der Waals surface area contributed by atoms with Gasteiger partial charge in [-0.15, -0.1) is 10.2 Å². The highest BCUT2D eigenvalue weighted by molar-refractivity contribution is 7.15. The number of hydrogen-bond donors (Lipinski definition) is 1. The van der Waals surface area contributed by atoms with Gasteiger partial charge in [0.1, 0.15) is 5.01 Å². The van der Waals surface area contributed by atoms with Crippen molar-refractivity contribution in [2.45, 2.75) is 13.3 Å². The second-order valence-electron chi connectivity index (χ2n) is 3.51. The minimum Gasteiger partial charge on any atom is -0.450 e. The molecule has 1 amide bonds. The Labute approximate surface area is 109 Å². The lowest BCUT2D eigenvalue weighted by atomic mass is 10.2. The maximum absolute atomic E-state index is 11.2. The van der Waals surface area contributed by atoms with Gasteiger partial charge in [0.15, 0.2) is 0 Å². The number of aromatic nitrogens is 2. The molecular weight excluding hydrogens is 250 g/mol. The Morgan fingerprint density at radius 2 is 2.11 bits per heavy atom. The molecule has 0 unspecified atom stereocenters. The summed E-state index contributed by atoms with van der Waals surface area (Å²) in [5.41, 5.74) is 1.16. The van der Waals surface area contributed by atoms with Gasteiger partial charge in [-0.25, -0.2) is 4.79 Å². The topological polar surface area (TPSA) is 64.1 Å². The summed E-state index contributed by atoms with van der Waals surface area (Å²) in [6, 6.07) is 9.99. The van der Waals surface area contributed by atoms with Crippen molar-refractivity contribution < 1.29 is 9.53 Å². The molecule has 18 heavy (non-hydrogen) atoms. The van der Waals surface area contributed by atoms with Crippen molar-refractivity contribution >= 4 is 22.6 Å². The average molecular weight is 263 g/mol. The lowest BCUT2D eigenvalue weighted by molar-refractivity contribution is 0.168. The van der Waals surface area contributed by atoms with Crippen molar-refractivity contribution in [1.82, 2.24) is 10.2 Å². The summed E-state index contributed by atoms with van der Waals surface area (Å²) in [4.78, 5) is 11.2. The van der Waals surface area contributed by atoms with Gasteiger partial charge in [-0.1, -0.05) is 41.7 Å². The number of nitrogens with zero attached hydrogens (tertiary/aromatic N) is 2. The Bertz CT molecular complexity index is 513. The molecule has 1 aromatic carbocycles. The molecule has 2 aromatic rings. The maximum atomic E-state index is 11.2. The molecule has 5 nitrogen and oxygen atoms in total. The molecule has 1 aromatic heterocycles. The summed E-state index contributed by atoms with van der Waals surface area (Å²) >= 11 is 1.35. The van der Waals surface area contributed by atoms with Crippen LogP contribution < -0.4 is 5.32 Å². The first kappa shape index (κ1) is 12.5. The highest BCUT2D eigenvalue weighted by Crippen LogP contribution is 2.18. The fourth-order valence-corrected chi connectivity index (χ4v) is 2.16. The number of carbonyl (C=O) groups excluding carboxylic acids is 1. The lowest BCUT2D eigenvalue weighted by Gasteiger charge is -1.99. The summed E-state index contributed by atoms with van der Waals surface area (Å²) in [7, 11) is 0. The van der Waals surface area contributed by atoms with Crippen LogP contribution in [0, 0.1) is 0 Å². The van der Waals surface area contributed by atoms with Crippen LogP contribution in [0.1, 0.15) is 17.5 Å². The Morgan fingerprint density at radius 3 is 2.83 bits per heavy atom. The number of carbonyl (C=O) groups is 1. The highest BCUT2D eigenvalue weighted by atomic mass is 32.1. The maximum Gasteiger partial charge on any atom is 0.413 e. The van der Waals surface area contributed by atoms with E-state index in [1.54, 1.807) is 6.92 Å². The van der Waals surface area contributed by atoms with Gasteiger partial charge in [-0.2, -0.15) is 0 Å². The van der Waals surface area contributed by atoms with E-state index in [0.717, 1.165) is 10.6 Å². The smallest absolute Gasteiger partial charge is 0.413 e. The fraction of sp³-hybridized carbons (Fsp3) is 0.250. The number of nitrogens with one attached hydrogen (secondary N) is 1. The van der Waals surface area contributed by atoms with Crippen molar-refractivity contribution in [3.8, 4) is 0 Å². The minimum absolute atomic E-state index is 0.335. The molecule has 0 aliphatic rings. The van der Waals surface area contributed by atoms with E-state index in [1.807, 2.05) is 30.3 Å². The van der Waals surface area contributed by atoms with Gasteiger partial charge < -0.3 is 4.74 Å². The second kappa shape index (κ2) is 6.11. The molecule has 0 spiro atoms. The number of anilines is 1. The first-order valence-electron chi connectivity index (χ1n) is 5.58. The third-order valence-corrected chi connectivity index (χ3v) is 2.99. The highest BCUT2D eigenvalue weighted by Gasteiger charge is 2.08. The molecule has 0 saturated heterocycles. The van der Waals surface area contributed by atoms with Crippen LogP contribution in [0.4, 0.5) is 9.93 Å². The Balaban J connectivity index is 1.96. The molecule has 1 heterocycles. The van der Waals surface area contributed by atoms with Gasteiger partial charge in [-0.05, 0) is 12.5 Å². The molecule has 0 atom stereocenters. The predicted molar refractivity (Wildman–Crippen MR) is 69.8 cm³/mol. The zero-order chi connectivity index (χ0) is 12.8. The van der Waals surface area contributed by atoms with Crippen LogP contribution >= 0.6 is 11.3 Å². The average Bonchev–Trinajstić information content (AvgIpc) is 2.78. The van der Waals surface area contributed by atoms with Crippen LogP contribution in [-0.2, 0) is 11.2 Å². The van der Waals surface area contributed by atoms with E-state index >= 15 is 0 Å². The first-order valence-corrected chi connectivity index (χ1v) is 6.39. The van der Waals surface area contributed by atoms with E-state index in [0.29, 0.717) is 18.2 Å². The third kappa shape index (κ3) is 3.53. The SMILES string of the molecule is CCOC(=O)Nc1nnc(Cc2ccccc2)s1. The standard InChI is InChI=1S/C12H13N3O2S/c1-2-17-12(16)13-11-15-14-10(18-11)8-9-6-4-3-5-7-9/h3-7H,2,8H2,1H3,(H,13,15,16). The molecule has 0 aliphatic heterocycles. The van der Waals surface area contributed by atoms with E-state index in [2.05, 4.69) is 15.5 Å². The summed E-state index contributed by atoms with van der Waals surface area (Å²) in [5.74, 6) is 0. The van der Waals surface area contributed by atoms with Crippen LogP contribution in [0.25, 0.3) is 0 Å². The van der Waals surface area contributed by atoms with Crippen molar-refractivity contribution in [2.75, 3.05) is 11.9 Å². The zero-order valence-corrected chi connectivity index (χ0v) is 10.7. The van der Waals surface area contributed by atoms with Crippen LogP contribution in [-0.4, -0.2) is 22.9 Å². The number of hydrogen-bond acceptors (Lipinski definition) is 5. The monoisotopic (exact) mass is 263 g/mol. The first-order chi connectivity index (χ1) is 8.78. The van der Waals surface area contributed by atoms with Crippen molar-refractivity contribution in [3.05, 3.63) is 40.9 Å². The number of amides is 1. The summed E-state index contributed by atoms with van der Waals surface area (Å²) in [5, 5.41) is 11.8. The molecule has 1 N–H and O–H groups in total. The van der Waals surface area contributed by atoms with Crippen LogP contribution in [0.15, 0.2) is 30.3 Å². The quantitative estimate of drug-likeness (QED) is 0.921. The van der Waals surface area contributed by atoms with Crippen molar-refractivity contribution in [2.24, 2.45) is 0 Å². The molecule has 94 valence electrons. The van der Waals surface area contributed by atoms with Gasteiger partial charge in [0.05, 0.1) is 6.61 Å². The third-order valence-electron chi connectivity index (χ3n) is 2.15. The molecular formula is C12H13N3O2S. The van der Waals surface area contributed by atoms with Gasteiger partial charge in [0.2, 0.25) is 5.13 Å². The second-order valence-corrected chi connectivity index (χ2v) is 4.57. The Hall–Kier alpha value is -1.95. The van der Waals surface area contributed by atoms with Gasteiger partial charge >= 0.3 is 6.09 Å². The van der Waals surface area contributed by atoms with Crippen LogP contribution in [0.2, 0.25) is 0 Å². The molecule has 0 aliphatic carbocycles. The fourth-order valence-electron chi connectivity index (χ4n) is 1.40. The van der Waals surface area contributed by atoms with Crippen LogP contribution in [0.3, 0.4) is 0 Å². The van der Waals surface area contributed by atoms with Gasteiger partial charge in [-0.3, -0.25) is 5.32 Å². The number of ether oxygens (including phenoxy) is 1. The van der Waals surface area contributed by atoms with E-state index in [4.69, 9.17) is 4.74 Å². The molecule has 2 rings (SSSR count). The molecule has 0 bridgehead atoms. The zero-order valence-electron chi connectivity index (χ0n) is 9.92. The Kier molecular flexibility index (Phi) is 4.25. The summed E-state index contributed by atoms with van der Waals surface area (Å²) in [6.45, 7) is 2.09. The molecule has 0 saturated carbocycles. The van der Waals surface area contributed by atoms with Gasteiger partial charge in [0, 0.05) is 6.42 Å². The normalized spacial score (nSPS) is 10.1. The van der Waals surface area contributed by atoms with E-state index in [1.165, 1.54) is 11.3 Å². The molecule has 6 heteroatoms. The predicted octanol–water partition coefficient (Wildman–Crippen LogP) is 2.70. The van der Waals surface area contributed by atoms with Gasteiger partial charge in [0.25, 0.3) is 0 Å². The summed E-state index contributed by atoms with van der Waals surface area (Å²) in [6.07, 6.45) is 0.211. The number of rotatable bonds is 4. The minimum atomic E-state index is -0.500. The van der Waals surface area contributed by atoms with E-state index < -0.39 is 6.09 Å². The molecule has 0 radical (unpaired) electrons. The Morgan fingerprint density at radius 1 is 1.33 bits per heavy atom. The molecule has 0 fully saturated rings. The lowest BCUT2D eigenvalue weighted by Crippen LogP contribution is -2.12. The summed E-state index contributed by atoms with van der Waals surface area (Å²) < 4.78 is 4.76. The van der Waals surface area contributed by atoms with Crippen molar-refractivity contribution in [3.63, 3.8) is 0 Å². The van der Waals surface area contributed by atoms with Crippen LogP contribution in [0.5, 0.6) is 0 Å². The van der Waals surface area contributed by atoms with E-state index in [9.17, 15) is 4.79 Å².